The Balaban J connectivity index is 1.86. The Bertz CT molecular complexity index is 1090. The Morgan fingerprint density at radius 3 is 2.40 bits per heavy atom. The van der Waals surface area contributed by atoms with Crippen molar-refractivity contribution in [2.45, 2.75) is 6.92 Å². The standard InChI is InChI=1S/C22H18FN3O4/c1-14(27)24-16-9-10-18(23)19(12-16)25-22(29)20(13-17-8-5-11-30-17)26-21(28)15-6-3-2-4-7-15/h2-13H,1H3,(H,24,27)(H,25,29)(H,26,28). The maximum Gasteiger partial charge on any atom is 0.272 e. The minimum absolute atomic E-state index is 0.150. The van der Waals surface area contributed by atoms with E-state index in [1.165, 1.54) is 31.4 Å². The van der Waals surface area contributed by atoms with Crippen molar-refractivity contribution in [1.29, 1.82) is 0 Å². The zero-order valence-electron chi connectivity index (χ0n) is 15.9. The predicted octanol–water partition coefficient (Wildman–Crippen LogP) is 3.79. The van der Waals surface area contributed by atoms with E-state index in [-0.39, 0.29) is 17.3 Å². The van der Waals surface area contributed by atoms with Crippen LogP contribution in [0.5, 0.6) is 0 Å². The van der Waals surface area contributed by atoms with Crippen LogP contribution < -0.4 is 16.0 Å². The second-order valence-electron chi connectivity index (χ2n) is 6.22. The van der Waals surface area contributed by atoms with Crippen LogP contribution in [0.4, 0.5) is 15.8 Å². The molecule has 0 spiro atoms. The number of furan rings is 1. The average molecular weight is 407 g/mol. The van der Waals surface area contributed by atoms with Gasteiger partial charge in [-0.25, -0.2) is 4.39 Å². The molecule has 3 N–H and O–H groups in total. The van der Waals surface area contributed by atoms with Gasteiger partial charge in [0.25, 0.3) is 11.8 Å². The Morgan fingerprint density at radius 1 is 0.967 bits per heavy atom. The molecule has 3 aromatic rings. The molecule has 0 aliphatic carbocycles. The lowest BCUT2D eigenvalue weighted by molar-refractivity contribution is -0.114. The van der Waals surface area contributed by atoms with Crippen LogP contribution in [0.15, 0.2) is 77.0 Å². The molecule has 3 rings (SSSR count). The third kappa shape index (κ3) is 5.41. The zero-order valence-corrected chi connectivity index (χ0v) is 15.9. The van der Waals surface area contributed by atoms with Crippen LogP contribution >= 0.6 is 0 Å². The first-order valence-corrected chi connectivity index (χ1v) is 8.92. The largest absolute Gasteiger partial charge is 0.465 e. The van der Waals surface area contributed by atoms with Gasteiger partial charge in [0.05, 0.1) is 12.0 Å². The molecular weight excluding hydrogens is 389 g/mol. The highest BCUT2D eigenvalue weighted by Gasteiger charge is 2.17. The molecule has 30 heavy (non-hydrogen) atoms. The number of carbonyl (C=O) groups is 3. The molecule has 0 radical (unpaired) electrons. The number of rotatable bonds is 6. The number of carbonyl (C=O) groups excluding carboxylic acids is 3. The minimum atomic E-state index is -0.769. The van der Waals surface area contributed by atoms with Gasteiger partial charge in [-0.05, 0) is 42.5 Å². The third-order valence-corrected chi connectivity index (χ3v) is 3.89. The summed E-state index contributed by atoms with van der Waals surface area (Å²) in [5.74, 6) is -2.01. The fourth-order valence-corrected chi connectivity index (χ4v) is 2.55. The van der Waals surface area contributed by atoms with Gasteiger partial charge in [-0.15, -0.1) is 0 Å². The predicted molar refractivity (Wildman–Crippen MR) is 110 cm³/mol. The van der Waals surface area contributed by atoms with Gasteiger partial charge in [-0.2, -0.15) is 0 Å². The Kier molecular flexibility index (Phi) is 6.39. The van der Waals surface area contributed by atoms with E-state index in [0.29, 0.717) is 17.0 Å². The molecule has 0 aliphatic heterocycles. The number of benzene rings is 2. The fourth-order valence-electron chi connectivity index (χ4n) is 2.55. The highest BCUT2D eigenvalue weighted by atomic mass is 19.1. The van der Waals surface area contributed by atoms with E-state index < -0.39 is 17.6 Å². The normalized spacial score (nSPS) is 10.9. The molecule has 0 bridgehead atoms. The molecule has 8 heteroatoms. The van der Waals surface area contributed by atoms with Crippen LogP contribution in [0, 0.1) is 5.82 Å². The maximum absolute atomic E-state index is 14.2. The quantitative estimate of drug-likeness (QED) is 0.541. The van der Waals surface area contributed by atoms with Crippen LogP contribution in [-0.4, -0.2) is 17.7 Å². The van der Waals surface area contributed by atoms with Crippen LogP contribution in [0.1, 0.15) is 23.0 Å². The fraction of sp³-hybridized carbons (Fsp3) is 0.0455. The Morgan fingerprint density at radius 2 is 1.73 bits per heavy atom. The van der Waals surface area contributed by atoms with Crippen molar-refractivity contribution in [2.75, 3.05) is 10.6 Å². The van der Waals surface area contributed by atoms with E-state index in [4.69, 9.17) is 4.42 Å². The highest BCUT2D eigenvalue weighted by molar-refractivity contribution is 6.10. The molecule has 1 aromatic heterocycles. The third-order valence-electron chi connectivity index (χ3n) is 3.89. The molecule has 0 fully saturated rings. The summed E-state index contributed by atoms with van der Waals surface area (Å²) in [6.07, 6.45) is 2.74. The monoisotopic (exact) mass is 407 g/mol. The summed E-state index contributed by atoms with van der Waals surface area (Å²) in [6, 6.07) is 15.3. The Labute approximate surface area is 171 Å². The van der Waals surface area contributed by atoms with Gasteiger partial charge in [-0.3, -0.25) is 14.4 Å². The SMILES string of the molecule is CC(=O)Nc1ccc(F)c(NC(=O)C(=Cc2ccco2)NC(=O)c2ccccc2)c1. The minimum Gasteiger partial charge on any atom is -0.465 e. The molecule has 3 amide bonds. The average Bonchev–Trinajstić information content (AvgIpc) is 3.23. The van der Waals surface area contributed by atoms with Crippen LogP contribution in [0.3, 0.4) is 0 Å². The molecule has 1 heterocycles. The van der Waals surface area contributed by atoms with E-state index in [1.54, 1.807) is 42.5 Å². The summed E-state index contributed by atoms with van der Waals surface area (Å²) in [6.45, 7) is 1.31. The lowest BCUT2D eigenvalue weighted by atomic mass is 10.2. The molecule has 2 aromatic carbocycles. The van der Waals surface area contributed by atoms with Gasteiger partial charge in [-0.1, -0.05) is 18.2 Å². The first kappa shape index (κ1) is 20.5. The van der Waals surface area contributed by atoms with Crippen LogP contribution in [0.2, 0.25) is 0 Å². The maximum atomic E-state index is 14.2. The highest BCUT2D eigenvalue weighted by Crippen LogP contribution is 2.20. The summed E-state index contributed by atoms with van der Waals surface area (Å²) in [7, 11) is 0. The number of hydrogen-bond donors (Lipinski definition) is 3. The number of nitrogens with one attached hydrogen (secondary N) is 3. The van der Waals surface area contributed by atoms with Gasteiger partial charge in [0.1, 0.15) is 17.3 Å². The zero-order chi connectivity index (χ0) is 21.5. The molecule has 0 unspecified atom stereocenters. The van der Waals surface area contributed by atoms with Gasteiger partial charge in [0.2, 0.25) is 5.91 Å². The van der Waals surface area contributed by atoms with Gasteiger partial charge in [0, 0.05) is 24.3 Å². The van der Waals surface area contributed by atoms with E-state index in [2.05, 4.69) is 16.0 Å². The van der Waals surface area contributed by atoms with Crippen LogP contribution in [-0.2, 0) is 9.59 Å². The van der Waals surface area contributed by atoms with Crippen molar-refractivity contribution in [2.24, 2.45) is 0 Å². The van der Waals surface area contributed by atoms with E-state index >= 15 is 0 Å². The van der Waals surface area contributed by atoms with Crippen molar-refractivity contribution < 1.29 is 23.2 Å². The molecule has 0 atom stereocenters. The summed E-state index contributed by atoms with van der Waals surface area (Å²) in [4.78, 5) is 36.5. The number of halogens is 1. The Hall–Kier alpha value is -4.20. The molecule has 0 aliphatic rings. The van der Waals surface area contributed by atoms with E-state index in [0.717, 1.165) is 6.07 Å². The summed E-state index contributed by atoms with van der Waals surface area (Å²) in [5.41, 5.74) is 0.340. The summed E-state index contributed by atoms with van der Waals surface area (Å²) >= 11 is 0. The number of amides is 3. The first-order chi connectivity index (χ1) is 14.4. The van der Waals surface area contributed by atoms with Gasteiger partial charge < -0.3 is 20.4 Å². The smallest absolute Gasteiger partial charge is 0.272 e. The second kappa shape index (κ2) is 9.33. The number of anilines is 2. The number of hydrogen-bond acceptors (Lipinski definition) is 4. The molecule has 152 valence electrons. The molecular formula is C22H18FN3O4. The van der Waals surface area contributed by atoms with E-state index in [1.807, 2.05) is 0 Å². The van der Waals surface area contributed by atoms with Crippen molar-refractivity contribution >= 4 is 35.2 Å². The van der Waals surface area contributed by atoms with Crippen molar-refractivity contribution in [3.63, 3.8) is 0 Å². The molecule has 0 saturated heterocycles. The van der Waals surface area contributed by atoms with E-state index in [9.17, 15) is 18.8 Å². The van der Waals surface area contributed by atoms with Crippen molar-refractivity contribution in [3.8, 4) is 0 Å². The van der Waals surface area contributed by atoms with Crippen LogP contribution in [0.25, 0.3) is 6.08 Å². The second-order valence-corrected chi connectivity index (χ2v) is 6.22. The molecule has 0 saturated carbocycles. The summed E-state index contributed by atoms with van der Waals surface area (Å²) < 4.78 is 19.4. The lowest BCUT2D eigenvalue weighted by Crippen LogP contribution is -2.31. The first-order valence-electron chi connectivity index (χ1n) is 8.92. The topological polar surface area (TPSA) is 100 Å². The summed E-state index contributed by atoms with van der Waals surface area (Å²) in [5, 5.41) is 7.43. The van der Waals surface area contributed by atoms with Gasteiger partial charge >= 0.3 is 0 Å². The molecule has 7 nitrogen and oxygen atoms in total. The lowest BCUT2D eigenvalue weighted by Gasteiger charge is -2.12. The van der Waals surface area contributed by atoms with Gasteiger partial charge in [0.15, 0.2) is 0 Å². The van der Waals surface area contributed by atoms with Crippen molar-refractivity contribution in [1.82, 2.24) is 5.32 Å². The van der Waals surface area contributed by atoms with Crippen molar-refractivity contribution in [3.05, 3.63) is 89.8 Å².